The zero-order chi connectivity index (χ0) is 15.1. The van der Waals surface area contributed by atoms with Gasteiger partial charge in [0, 0.05) is 10.8 Å². The maximum atomic E-state index is 4.91. The zero-order valence-corrected chi connectivity index (χ0v) is 14.4. The second kappa shape index (κ2) is 5.39. The molecule has 2 aromatic heterocycles. The Bertz CT molecular complexity index is 971. The van der Waals surface area contributed by atoms with Crippen molar-refractivity contribution in [2.75, 3.05) is 0 Å². The minimum absolute atomic E-state index is 0.856. The third-order valence-electron chi connectivity index (χ3n) is 4.09. The van der Waals surface area contributed by atoms with Crippen molar-refractivity contribution >= 4 is 44.5 Å². The van der Waals surface area contributed by atoms with Gasteiger partial charge in [-0.15, -0.1) is 0 Å². The summed E-state index contributed by atoms with van der Waals surface area (Å²) < 4.78 is 3.58. The summed E-state index contributed by atoms with van der Waals surface area (Å²) in [6.07, 6.45) is 0. The summed E-state index contributed by atoms with van der Waals surface area (Å²) >= 11 is 2.43. The number of nitrogens with zero attached hydrogens (tertiary/aromatic N) is 2. The van der Waals surface area contributed by atoms with Gasteiger partial charge in [0.1, 0.15) is 5.65 Å². The molecule has 0 amide bonds. The van der Waals surface area contributed by atoms with Crippen molar-refractivity contribution in [1.82, 2.24) is 9.55 Å². The van der Waals surface area contributed by atoms with Crippen LogP contribution in [0.2, 0.25) is 0 Å². The van der Waals surface area contributed by atoms with Crippen LogP contribution in [-0.4, -0.2) is 9.55 Å². The molecule has 0 aliphatic rings. The number of fused-ring (bicyclic) bond motifs is 2. The molecular weight excluding hydrogens is 383 g/mol. The highest BCUT2D eigenvalue weighted by Crippen LogP contribution is 2.29. The lowest BCUT2D eigenvalue weighted by molar-refractivity contribution is 0.802. The summed E-state index contributed by atoms with van der Waals surface area (Å²) in [6.45, 7) is 3.04. The first-order valence-corrected chi connectivity index (χ1v) is 8.40. The molecule has 0 aliphatic heterocycles. The molecule has 0 atom stereocenters. The van der Waals surface area contributed by atoms with Gasteiger partial charge in [0.2, 0.25) is 0 Å². The van der Waals surface area contributed by atoms with E-state index < -0.39 is 0 Å². The molecule has 3 heteroatoms. The molecule has 0 spiro atoms. The van der Waals surface area contributed by atoms with Crippen LogP contribution in [-0.2, 0) is 6.54 Å². The Kier molecular flexibility index (Phi) is 3.37. The molecule has 4 aromatic rings. The molecule has 0 bridgehead atoms. The van der Waals surface area contributed by atoms with E-state index in [-0.39, 0.29) is 0 Å². The predicted molar refractivity (Wildman–Crippen MR) is 100 cm³/mol. The second-order valence-corrected chi connectivity index (χ2v) is 6.56. The molecule has 2 aromatic carbocycles. The first-order chi connectivity index (χ1) is 10.7. The first kappa shape index (κ1) is 13.8. The van der Waals surface area contributed by atoms with Crippen LogP contribution in [0.15, 0.2) is 60.7 Å². The maximum Gasteiger partial charge on any atom is 0.142 e. The van der Waals surface area contributed by atoms with Crippen molar-refractivity contribution < 1.29 is 0 Å². The summed E-state index contributed by atoms with van der Waals surface area (Å²) in [6, 6.07) is 21.1. The number of rotatable bonds is 2. The molecule has 4 rings (SSSR count). The quantitative estimate of drug-likeness (QED) is 0.427. The number of aryl methyl sites for hydroxylation is 1. The number of hydrogen-bond donors (Lipinski definition) is 0. The van der Waals surface area contributed by atoms with Crippen LogP contribution >= 0.6 is 22.6 Å². The van der Waals surface area contributed by atoms with Gasteiger partial charge in [-0.25, -0.2) is 4.98 Å². The third kappa shape index (κ3) is 2.20. The normalized spacial score (nSPS) is 11.4. The molecule has 22 heavy (non-hydrogen) atoms. The van der Waals surface area contributed by atoms with Gasteiger partial charge in [-0.3, -0.25) is 0 Å². The Hall–Kier alpha value is -1.88. The smallest absolute Gasteiger partial charge is 0.142 e. The van der Waals surface area contributed by atoms with E-state index in [0.29, 0.717) is 0 Å². The number of pyridine rings is 1. The number of halogens is 1. The Morgan fingerprint density at radius 2 is 1.73 bits per heavy atom. The van der Waals surface area contributed by atoms with Gasteiger partial charge in [0.25, 0.3) is 0 Å². The Labute approximate surface area is 142 Å². The molecule has 0 saturated carbocycles. The van der Waals surface area contributed by atoms with Crippen molar-refractivity contribution in [2.45, 2.75) is 13.5 Å². The lowest BCUT2D eigenvalue weighted by atomic mass is 10.1. The van der Waals surface area contributed by atoms with Gasteiger partial charge in [0.05, 0.1) is 15.8 Å². The molecule has 0 aliphatic carbocycles. The minimum Gasteiger partial charge on any atom is -0.316 e. The van der Waals surface area contributed by atoms with E-state index >= 15 is 0 Å². The van der Waals surface area contributed by atoms with Gasteiger partial charge >= 0.3 is 0 Å². The summed E-state index contributed by atoms with van der Waals surface area (Å²) in [5.74, 6) is 0. The van der Waals surface area contributed by atoms with E-state index in [0.717, 1.165) is 17.7 Å². The lowest BCUT2D eigenvalue weighted by Crippen LogP contribution is -2.02. The topological polar surface area (TPSA) is 17.8 Å². The van der Waals surface area contributed by atoms with Gasteiger partial charge < -0.3 is 4.57 Å². The van der Waals surface area contributed by atoms with Crippen molar-refractivity contribution in [3.63, 3.8) is 0 Å². The maximum absolute atomic E-state index is 4.91. The number of aromatic nitrogens is 2. The minimum atomic E-state index is 0.856. The zero-order valence-electron chi connectivity index (χ0n) is 12.3. The number of hydrogen-bond acceptors (Lipinski definition) is 1. The van der Waals surface area contributed by atoms with Gasteiger partial charge in [0.15, 0.2) is 0 Å². The highest BCUT2D eigenvalue weighted by Gasteiger charge is 2.14. The van der Waals surface area contributed by atoms with Crippen LogP contribution in [0.4, 0.5) is 0 Å². The van der Waals surface area contributed by atoms with Crippen molar-refractivity contribution in [3.8, 4) is 0 Å². The molecule has 0 unspecified atom stereocenters. The summed E-state index contributed by atoms with van der Waals surface area (Å²) in [5, 5.41) is 2.45. The fourth-order valence-corrected chi connectivity index (χ4v) is 3.59. The Balaban J connectivity index is 1.97. The van der Waals surface area contributed by atoms with E-state index in [9.17, 15) is 0 Å². The van der Waals surface area contributed by atoms with Gasteiger partial charge in [-0.05, 0) is 52.8 Å². The average Bonchev–Trinajstić information content (AvgIpc) is 2.79. The largest absolute Gasteiger partial charge is 0.316 e. The summed E-state index contributed by atoms with van der Waals surface area (Å²) in [5.41, 5.74) is 4.74. The molecule has 0 fully saturated rings. The fourth-order valence-electron chi connectivity index (χ4n) is 2.90. The van der Waals surface area contributed by atoms with Crippen LogP contribution in [0.3, 0.4) is 0 Å². The molecular formula is C19H15IN2. The predicted octanol–water partition coefficient (Wildman–Crippen LogP) is 5.15. The number of benzene rings is 2. The molecule has 2 nitrogen and oxygen atoms in total. The van der Waals surface area contributed by atoms with Crippen LogP contribution < -0.4 is 0 Å². The van der Waals surface area contributed by atoms with Crippen LogP contribution in [0.1, 0.15) is 11.1 Å². The molecule has 0 N–H and O–H groups in total. The Morgan fingerprint density at radius 1 is 1.00 bits per heavy atom. The van der Waals surface area contributed by atoms with E-state index in [1.54, 1.807) is 0 Å². The monoisotopic (exact) mass is 398 g/mol. The molecule has 108 valence electrons. The Morgan fingerprint density at radius 3 is 2.55 bits per heavy atom. The third-order valence-corrected chi connectivity index (χ3v) is 5.48. The highest BCUT2D eigenvalue weighted by atomic mass is 127. The number of para-hydroxylation sites is 1. The average molecular weight is 398 g/mol. The van der Waals surface area contributed by atoms with Crippen molar-refractivity contribution in [3.05, 3.63) is 75.5 Å². The van der Waals surface area contributed by atoms with E-state index in [1.807, 2.05) is 6.07 Å². The first-order valence-electron chi connectivity index (χ1n) is 7.32. The van der Waals surface area contributed by atoms with Gasteiger partial charge in [-0.1, -0.05) is 48.5 Å². The standard InChI is InChI=1S/C19H15IN2/c1-13-16-11-15-9-5-6-10-17(15)21-19(16)22(18(13)20)12-14-7-3-2-4-8-14/h2-11H,12H2,1H3. The second-order valence-electron chi connectivity index (χ2n) is 5.54. The van der Waals surface area contributed by atoms with E-state index in [4.69, 9.17) is 4.98 Å². The van der Waals surface area contributed by atoms with Crippen molar-refractivity contribution in [2.24, 2.45) is 0 Å². The van der Waals surface area contributed by atoms with E-state index in [1.165, 1.54) is 25.6 Å². The molecule has 2 heterocycles. The SMILES string of the molecule is Cc1c(I)n(Cc2ccccc2)c2nc3ccccc3cc12. The van der Waals surface area contributed by atoms with Gasteiger partial charge in [-0.2, -0.15) is 0 Å². The fraction of sp³-hybridized carbons (Fsp3) is 0.105. The van der Waals surface area contributed by atoms with Crippen LogP contribution in [0.5, 0.6) is 0 Å². The van der Waals surface area contributed by atoms with Crippen LogP contribution in [0, 0.1) is 10.6 Å². The highest BCUT2D eigenvalue weighted by molar-refractivity contribution is 14.1. The molecule has 0 saturated heterocycles. The summed E-state index contributed by atoms with van der Waals surface area (Å²) in [7, 11) is 0. The summed E-state index contributed by atoms with van der Waals surface area (Å²) in [4.78, 5) is 4.91. The molecule has 0 radical (unpaired) electrons. The van der Waals surface area contributed by atoms with Crippen LogP contribution in [0.25, 0.3) is 21.9 Å². The van der Waals surface area contributed by atoms with E-state index in [2.05, 4.69) is 88.7 Å². The van der Waals surface area contributed by atoms with Crippen molar-refractivity contribution in [1.29, 1.82) is 0 Å². The lowest BCUT2D eigenvalue weighted by Gasteiger charge is -2.07.